The number of carbonyl (C=O) groups is 1. The first kappa shape index (κ1) is 10.6. The van der Waals surface area contributed by atoms with Crippen LogP contribution in [0.25, 0.3) is 0 Å². The van der Waals surface area contributed by atoms with Crippen LogP contribution in [0.2, 0.25) is 12.6 Å². The number of hydrogen-bond donors (Lipinski definition) is 1. The number of carboxylic acids is 1. The fraction of sp³-hybridized carbons (Fsp3) is 0.500. The Morgan fingerprint density at radius 3 is 2.82 bits per heavy atom. The van der Waals surface area contributed by atoms with Gasteiger partial charge < -0.3 is 9.22 Å². The van der Waals surface area contributed by atoms with Crippen LogP contribution in [0.1, 0.15) is 6.92 Å². The van der Waals surface area contributed by atoms with Crippen molar-refractivity contribution in [1.29, 1.82) is 0 Å². The molecule has 0 saturated carbocycles. The summed E-state index contributed by atoms with van der Waals surface area (Å²) < 4.78 is 5.30. The zero-order chi connectivity index (χ0) is 8.69. The van der Waals surface area contributed by atoms with Crippen molar-refractivity contribution in [2.24, 2.45) is 0 Å². The molecule has 0 spiro atoms. The van der Waals surface area contributed by atoms with Crippen LogP contribution in [0.3, 0.4) is 0 Å². The molecule has 0 aliphatic carbocycles. The molecule has 0 bridgehead atoms. The second kappa shape index (κ2) is 6.32. The summed E-state index contributed by atoms with van der Waals surface area (Å²) in [7, 11) is -0.707. The van der Waals surface area contributed by atoms with Gasteiger partial charge in [0.25, 0.3) is 0 Å². The Kier molecular flexibility index (Phi) is 6.09. The molecule has 0 saturated heterocycles. The Labute approximate surface area is 71.3 Å². The second-order valence-corrected chi connectivity index (χ2v) is 5.37. The van der Waals surface area contributed by atoms with Gasteiger partial charge in [0.1, 0.15) is 19.5 Å². The highest BCUT2D eigenvalue weighted by Crippen LogP contribution is 1.94. The highest BCUT2D eigenvalue weighted by atomic mass is 28.3. The summed E-state index contributed by atoms with van der Waals surface area (Å²) in [4.78, 5) is 10.3. The standard InChI is InChI=1S/C6H14O3Si2/c1-5(6(7)8)3-4-11-9-10-2/h3H,4,10-11H2,1-2H3,(H,7,8). The lowest BCUT2D eigenvalue weighted by molar-refractivity contribution is -0.132. The summed E-state index contributed by atoms with van der Waals surface area (Å²) in [5.74, 6) is -0.826. The molecule has 0 aromatic carbocycles. The minimum atomic E-state index is -0.826. The Hall–Kier alpha value is -0.396. The quantitative estimate of drug-likeness (QED) is 0.367. The summed E-state index contributed by atoms with van der Waals surface area (Å²) in [6.07, 6.45) is 1.75. The van der Waals surface area contributed by atoms with Gasteiger partial charge in [-0.15, -0.1) is 0 Å². The number of allylic oxidation sites excluding steroid dienone is 1. The first-order chi connectivity index (χ1) is 5.18. The Morgan fingerprint density at radius 1 is 1.73 bits per heavy atom. The van der Waals surface area contributed by atoms with E-state index in [2.05, 4.69) is 6.55 Å². The minimum Gasteiger partial charge on any atom is -0.478 e. The van der Waals surface area contributed by atoms with Crippen LogP contribution in [0.5, 0.6) is 0 Å². The highest BCUT2D eigenvalue weighted by molar-refractivity contribution is 6.42. The van der Waals surface area contributed by atoms with Crippen LogP contribution in [-0.2, 0) is 8.91 Å². The predicted octanol–water partition coefficient (Wildman–Crippen LogP) is -0.332. The molecule has 0 aliphatic rings. The van der Waals surface area contributed by atoms with Crippen molar-refractivity contribution in [2.75, 3.05) is 0 Å². The monoisotopic (exact) mass is 190 g/mol. The van der Waals surface area contributed by atoms with Gasteiger partial charge >= 0.3 is 5.97 Å². The van der Waals surface area contributed by atoms with E-state index < -0.39 is 15.7 Å². The normalized spacial score (nSPS) is 13.8. The zero-order valence-electron chi connectivity index (χ0n) is 6.96. The van der Waals surface area contributed by atoms with Crippen LogP contribution in [-0.4, -0.2) is 30.6 Å². The number of rotatable bonds is 5. The van der Waals surface area contributed by atoms with Crippen molar-refractivity contribution in [3.05, 3.63) is 11.6 Å². The van der Waals surface area contributed by atoms with Crippen molar-refractivity contribution in [3.63, 3.8) is 0 Å². The minimum absolute atomic E-state index is 0.265. The third-order valence-electron chi connectivity index (χ3n) is 1.25. The lowest BCUT2D eigenvalue weighted by Crippen LogP contribution is -2.00. The predicted molar refractivity (Wildman–Crippen MR) is 50.2 cm³/mol. The molecule has 0 aliphatic heterocycles. The molecule has 11 heavy (non-hydrogen) atoms. The Morgan fingerprint density at radius 2 is 2.36 bits per heavy atom. The molecule has 0 aromatic heterocycles. The molecule has 5 heteroatoms. The summed E-state index contributed by atoms with van der Waals surface area (Å²) in [6, 6.07) is 0.846. The first-order valence-corrected chi connectivity index (χ1v) is 7.23. The molecule has 64 valence electrons. The van der Waals surface area contributed by atoms with Crippen molar-refractivity contribution < 1.29 is 14.0 Å². The number of aliphatic carboxylic acids is 1. The summed E-state index contributed by atoms with van der Waals surface area (Å²) in [5, 5.41) is 8.45. The van der Waals surface area contributed by atoms with Crippen LogP contribution in [0.4, 0.5) is 0 Å². The van der Waals surface area contributed by atoms with E-state index in [1.807, 2.05) is 0 Å². The Balaban J connectivity index is 3.48. The molecule has 0 rings (SSSR count). The molecular formula is C6H14O3Si2. The average molecular weight is 190 g/mol. The van der Waals surface area contributed by atoms with E-state index in [-0.39, 0.29) is 9.76 Å². The molecule has 0 aromatic rings. The van der Waals surface area contributed by atoms with Gasteiger partial charge in [-0.25, -0.2) is 4.79 Å². The molecule has 0 amide bonds. The van der Waals surface area contributed by atoms with Crippen molar-refractivity contribution >= 4 is 25.5 Å². The Bertz CT molecular complexity index is 156. The molecule has 0 radical (unpaired) electrons. The van der Waals surface area contributed by atoms with E-state index in [1.165, 1.54) is 0 Å². The maximum absolute atomic E-state index is 10.3. The van der Waals surface area contributed by atoms with Gasteiger partial charge in [-0.2, -0.15) is 0 Å². The summed E-state index contributed by atoms with van der Waals surface area (Å²) in [5.41, 5.74) is 0.430. The lowest BCUT2D eigenvalue weighted by atomic mass is 10.3. The van der Waals surface area contributed by atoms with Crippen molar-refractivity contribution in [3.8, 4) is 0 Å². The fourth-order valence-corrected chi connectivity index (χ4v) is 2.96. The average Bonchev–Trinajstić information content (AvgIpc) is 1.97. The van der Waals surface area contributed by atoms with E-state index in [0.717, 1.165) is 6.04 Å². The molecule has 0 unspecified atom stereocenters. The highest BCUT2D eigenvalue weighted by Gasteiger charge is 1.97. The molecule has 3 nitrogen and oxygen atoms in total. The van der Waals surface area contributed by atoms with Crippen LogP contribution >= 0.6 is 0 Å². The number of hydrogen-bond acceptors (Lipinski definition) is 2. The van der Waals surface area contributed by atoms with Crippen molar-refractivity contribution in [1.82, 2.24) is 0 Å². The topological polar surface area (TPSA) is 46.5 Å². The first-order valence-electron chi connectivity index (χ1n) is 3.66. The van der Waals surface area contributed by atoms with E-state index in [4.69, 9.17) is 9.22 Å². The smallest absolute Gasteiger partial charge is 0.330 e. The van der Waals surface area contributed by atoms with Crippen molar-refractivity contribution in [2.45, 2.75) is 19.5 Å². The molecule has 1 N–H and O–H groups in total. The van der Waals surface area contributed by atoms with E-state index in [0.29, 0.717) is 5.57 Å². The zero-order valence-corrected chi connectivity index (χ0v) is 9.79. The van der Waals surface area contributed by atoms with Gasteiger partial charge in [-0.3, -0.25) is 0 Å². The van der Waals surface area contributed by atoms with Gasteiger partial charge in [0, 0.05) is 5.57 Å². The molecule has 0 atom stereocenters. The van der Waals surface area contributed by atoms with Gasteiger partial charge in [-0.05, 0) is 13.0 Å². The number of carboxylic acid groups (broad SMARTS) is 1. The SMILES string of the molecule is C[SiH2]O[SiH2]CC=C(C)C(=O)O. The fourth-order valence-electron chi connectivity index (χ4n) is 0.590. The van der Waals surface area contributed by atoms with Crippen LogP contribution in [0.15, 0.2) is 11.6 Å². The maximum atomic E-state index is 10.3. The van der Waals surface area contributed by atoms with E-state index in [9.17, 15) is 4.79 Å². The van der Waals surface area contributed by atoms with Gasteiger partial charge in [0.15, 0.2) is 0 Å². The molecule has 0 fully saturated rings. The van der Waals surface area contributed by atoms with E-state index in [1.54, 1.807) is 13.0 Å². The van der Waals surface area contributed by atoms with E-state index >= 15 is 0 Å². The third-order valence-corrected chi connectivity index (χ3v) is 4.57. The summed E-state index contributed by atoms with van der Waals surface area (Å²) in [6.45, 7) is 3.70. The third kappa shape index (κ3) is 6.02. The van der Waals surface area contributed by atoms with Crippen LogP contribution < -0.4 is 0 Å². The lowest BCUT2D eigenvalue weighted by Gasteiger charge is -1.95. The van der Waals surface area contributed by atoms with Gasteiger partial charge in [0.2, 0.25) is 0 Å². The maximum Gasteiger partial charge on any atom is 0.330 e. The summed E-state index contributed by atoms with van der Waals surface area (Å²) >= 11 is 0. The molecule has 0 heterocycles. The van der Waals surface area contributed by atoms with Crippen LogP contribution in [0, 0.1) is 0 Å². The van der Waals surface area contributed by atoms with Gasteiger partial charge in [-0.1, -0.05) is 12.6 Å². The second-order valence-electron chi connectivity index (χ2n) is 2.18. The largest absolute Gasteiger partial charge is 0.478 e. The molecular weight excluding hydrogens is 176 g/mol. The van der Waals surface area contributed by atoms with Gasteiger partial charge in [0.05, 0.1) is 0 Å².